The van der Waals surface area contributed by atoms with Gasteiger partial charge in [-0.1, -0.05) is 13.8 Å². The molecule has 14 heavy (non-hydrogen) atoms. The molecule has 1 N–H and O–H groups in total. The van der Waals surface area contributed by atoms with Crippen molar-refractivity contribution >= 4 is 10.9 Å². The van der Waals surface area contributed by atoms with Gasteiger partial charge >= 0.3 is 0 Å². The first kappa shape index (κ1) is 9.19. The fourth-order valence-corrected chi connectivity index (χ4v) is 1.55. The Morgan fingerprint density at radius 1 is 1.50 bits per heavy atom. The van der Waals surface area contributed by atoms with E-state index in [1.54, 1.807) is 6.07 Å². The van der Waals surface area contributed by atoms with Gasteiger partial charge in [0.15, 0.2) is 0 Å². The molecule has 74 valence electrons. The maximum Gasteiger partial charge on any atom is 0.134 e. The summed E-state index contributed by atoms with van der Waals surface area (Å²) in [7, 11) is 0. The van der Waals surface area contributed by atoms with Gasteiger partial charge in [-0.15, -0.1) is 0 Å². The molecule has 2 rings (SSSR count). The van der Waals surface area contributed by atoms with Crippen molar-refractivity contribution in [2.24, 2.45) is 0 Å². The summed E-state index contributed by atoms with van der Waals surface area (Å²) in [6.07, 6.45) is 2.53. The molecule has 0 saturated heterocycles. The number of H-pyrrole nitrogens is 1. The Bertz CT molecular complexity index is 447. The Morgan fingerprint density at radius 2 is 2.29 bits per heavy atom. The molecule has 0 saturated carbocycles. The number of aromatic nitrogens is 2. The van der Waals surface area contributed by atoms with Crippen LogP contribution in [0.4, 0.5) is 4.39 Å². The van der Waals surface area contributed by atoms with Crippen LogP contribution in [0.3, 0.4) is 0 Å². The van der Waals surface area contributed by atoms with E-state index >= 15 is 0 Å². The monoisotopic (exact) mass is 192 g/mol. The predicted molar refractivity (Wildman–Crippen MR) is 54.8 cm³/mol. The van der Waals surface area contributed by atoms with Gasteiger partial charge < -0.3 is 0 Å². The van der Waals surface area contributed by atoms with E-state index in [-0.39, 0.29) is 5.82 Å². The van der Waals surface area contributed by atoms with Crippen molar-refractivity contribution in [3.05, 3.63) is 29.7 Å². The summed E-state index contributed by atoms with van der Waals surface area (Å²) < 4.78 is 13.5. The zero-order chi connectivity index (χ0) is 10.1. The van der Waals surface area contributed by atoms with Crippen LogP contribution in [0, 0.1) is 5.82 Å². The Balaban J connectivity index is 2.58. The second-order valence-electron chi connectivity index (χ2n) is 3.64. The molecule has 0 spiro atoms. The molecule has 3 heteroatoms. The van der Waals surface area contributed by atoms with Crippen molar-refractivity contribution in [3.8, 4) is 0 Å². The van der Waals surface area contributed by atoms with Crippen molar-refractivity contribution in [1.82, 2.24) is 10.2 Å². The van der Waals surface area contributed by atoms with Crippen LogP contribution >= 0.6 is 0 Å². The van der Waals surface area contributed by atoms with Gasteiger partial charge in [0, 0.05) is 0 Å². The summed E-state index contributed by atoms with van der Waals surface area (Å²) in [5.74, 6) is 0.198. The number of halogens is 1. The zero-order valence-corrected chi connectivity index (χ0v) is 8.34. The van der Waals surface area contributed by atoms with Crippen molar-refractivity contribution < 1.29 is 4.39 Å². The normalized spacial score (nSPS) is 13.4. The first-order valence-electron chi connectivity index (χ1n) is 4.85. The zero-order valence-electron chi connectivity index (χ0n) is 8.34. The van der Waals surface area contributed by atoms with E-state index in [1.165, 1.54) is 6.20 Å². The minimum absolute atomic E-state index is 0.188. The highest BCUT2D eigenvalue weighted by Gasteiger charge is 2.09. The van der Waals surface area contributed by atoms with Gasteiger partial charge in [0.1, 0.15) is 5.82 Å². The summed E-state index contributed by atoms with van der Waals surface area (Å²) in [6.45, 7) is 4.19. The highest BCUT2D eigenvalue weighted by atomic mass is 19.1. The largest absolute Gasteiger partial charge is 0.278 e. The van der Waals surface area contributed by atoms with E-state index in [0.29, 0.717) is 11.3 Å². The summed E-state index contributed by atoms with van der Waals surface area (Å²) >= 11 is 0. The number of fused-ring (bicyclic) bond motifs is 1. The molecular weight excluding hydrogens is 179 g/mol. The molecular formula is C11H13FN2. The average molecular weight is 192 g/mol. The van der Waals surface area contributed by atoms with E-state index < -0.39 is 0 Å². The van der Waals surface area contributed by atoms with Crippen LogP contribution < -0.4 is 0 Å². The SMILES string of the molecule is CCC(C)c1cc(F)c2cn[nH]c2c1. The summed E-state index contributed by atoms with van der Waals surface area (Å²) in [5, 5.41) is 7.18. The van der Waals surface area contributed by atoms with Crippen LogP contribution in [-0.2, 0) is 0 Å². The maximum absolute atomic E-state index is 13.5. The van der Waals surface area contributed by atoms with Gasteiger partial charge in [0.25, 0.3) is 0 Å². The minimum atomic E-state index is -0.188. The fraction of sp³-hybridized carbons (Fsp3) is 0.364. The van der Waals surface area contributed by atoms with Crippen LogP contribution in [0.25, 0.3) is 10.9 Å². The predicted octanol–water partition coefficient (Wildman–Crippen LogP) is 3.22. The average Bonchev–Trinajstić information content (AvgIpc) is 2.64. The molecule has 1 aromatic heterocycles. The van der Waals surface area contributed by atoms with E-state index in [4.69, 9.17) is 0 Å². The topological polar surface area (TPSA) is 28.7 Å². The molecule has 1 heterocycles. The molecule has 0 radical (unpaired) electrons. The molecule has 0 bridgehead atoms. The lowest BCUT2D eigenvalue weighted by Crippen LogP contribution is -1.92. The third-order valence-corrected chi connectivity index (χ3v) is 2.71. The molecule has 0 aliphatic heterocycles. The minimum Gasteiger partial charge on any atom is -0.278 e. The lowest BCUT2D eigenvalue weighted by molar-refractivity contribution is 0.631. The Kier molecular flexibility index (Phi) is 2.23. The number of aromatic amines is 1. The molecule has 1 atom stereocenters. The Labute approximate surface area is 82.1 Å². The van der Waals surface area contributed by atoms with Crippen molar-refractivity contribution in [1.29, 1.82) is 0 Å². The molecule has 0 fully saturated rings. The van der Waals surface area contributed by atoms with Crippen molar-refractivity contribution in [3.63, 3.8) is 0 Å². The first-order valence-corrected chi connectivity index (χ1v) is 4.85. The number of nitrogens with one attached hydrogen (secondary N) is 1. The van der Waals surface area contributed by atoms with Crippen LogP contribution in [0.2, 0.25) is 0 Å². The van der Waals surface area contributed by atoms with Gasteiger partial charge in [-0.3, -0.25) is 5.10 Å². The highest BCUT2D eigenvalue weighted by Crippen LogP contribution is 2.24. The third-order valence-electron chi connectivity index (χ3n) is 2.71. The molecule has 0 aliphatic carbocycles. The maximum atomic E-state index is 13.5. The van der Waals surface area contributed by atoms with Crippen LogP contribution in [0.15, 0.2) is 18.3 Å². The van der Waals surface area contributed by atoms with Crippen LogP contribution in [0.1, 0.15) is 31.7 Å². The highest BCUT2D eigenvalue weighted by molar-refractivity contribution is 5.79. The molecule has 1 aromatic carbocycles. The smallest absolute Gasteiger partial charge is 0.134 e. The van der Waals surface area contributed by atoms with Gasteiger partial charge in [-0.2, -0.15) is 5.10 Å². The lowest BCUT2D eigenvalue weighted by atomic mass is 9.97. The van der Waals surface area contributed by atoms with Gasteiger partial charge in [0.05, 0.1) is 17.1 Å². The molecule has 2 nitrogen and oxygen atoms in total. The molecule has 2 aromatic rings. The van der Waals surface area contributed by atoms with Crippen molar-refractivity contribution in [2.75, 3.05) is 0 Å². The van der Waals surface area contributed by atoms with Crippen molar-refractivity contribution in [2.45, 2.75) is 26.2 Å². The third kappa shape index (κ3) is 1.39. The van der Waals surface area contributed by atoms with Gasteiger partial charge in [-0.05, 0) is 30.0 Å². The number of hydrogen-bond donors (Lipinski definition) is 1. The number of nitrogens with zero attached hydrogens (tertiary/aromatic N) is 1. The first-order chi connectivity index (χ1) is 6.72. The fourth-order valence-electron chi connectivity index (χ4n) is 1.55. The molecule has 0 aliphatic rings. The number of benzene rings is 1. The number of hydrogen-bond acceptors (Lipinski definition) is 1. The molecule has 0 amide bonds. The van der Waals surface area contributed by atoms with E-state index in [1.807, 2.05) is 6.07 Å². The summed E-state index contributed by atoms with van der Waals surface area (Å²) in [4.78, 5) is 0. The molecule has 1 unspecified atom stereocenters. The van der Waals surface area contributed by atoms with Crippen LogP contribution in [0.5, 0.6) is 0 Å². The standard InChI is InChI=1S/C11H13FN2/c1-3-7(2)8-4-10(12)9-6-13-14-11(9)5-8/h4-7H,3H2,1-2H3,(H,13,14). The Hall–Kier alpha value is -1.38. The number of rotatable bonds is 2. The van der Waals surface area contributed by atoms with E-state index in [9.17, 15) is 4.39 Å². The second-order valence-corrected chi connectivity index (χ2v) is 3.64. The van der Waals surface area contributed by atoms with Gasteiger partial charge in [0.2, 0.25) is 0 Å². The van der Waals surface area contributed by atoms with Crippen LogP contribution in [-0.4, -0.2) is 10.2 Å². The van der Waals surface area contributed by atoms with E-state index in [0.717, 1.165) is 17.5 Å². The lowest BCUT2D eigenvalue weighted by Gasteiger charge is -2.08. The van der Waals surface area contributed by atoms with Gasteiger partial charge in [-0.25, -0.2) is 4.39 Å². The van der Waals surface area contributed by atoms with E-state index in [2.05, 4.69) is 24.0 Å². The quantitative estimate of drug-likeness (QED) is 0.777. The Morgan fingerprint density at radius 3 is 3.00 bits per heavy atom. The second kappa shape index (κ2) is 3.40. The summed E-state index contributed by atoms with van der Waals surface area (Å²) in [6, 6.07) is 3.58. The summed E-state index contributed by atoms with van der Waals surface area (Å²) in [5.41, 5.74) is 1.81.